The lowest BCUT2D eigenvalue weighted by Gasteiger charge is -2.03. The smallest absolute Gasteiger partial charge is 0.176 e. The van der Waals surface area contributed by atoms with E-state index in [4.69, 9.17) is 5.26 Å². The zero-order valence-corrected chi connectivity index (χ0v) is 8.85. The van der Waals surface area contributed by atoms with Crippen LogP contribution in [0.1, 0.15) is 5.56 Å². The van der Waals surface area contributed by atoms with Crippen molar-refractivity contribution in [1.82, 2.24) is 5.32 Å². The number of nitriles is 1. The number of rotatable bonds is 3. The maximum atomic E-state index is 8.40. The molecule has 2 heteroatoms. The van der Waals surface area contributed by atoms with Crippen molar-refractivity contribution in [3.05, 3.63) is 60.2 Å². The Morgan fingerprint density at radius 3 is 2.12 bits per heavy atom. The van der Waals surface area contributed by atoms with Crippen molar-refractivity contribution < 1.29 is 0 Å². The first kappa shape index (κ1) is 10.3. The second kappa shape index (κ2) is 4.99. The summed E-state index contributed by atoms with van der Waals surface area (Å²) in [6, 6.07) is 18.5. The predicted molar refractivity (Wildman–Crippen MR) is 64.3 cm³/mol. The Morgan fingerprint density at radius 1 is 0.875 bits per heavy atom. The van der Waals surface area contributed by atoms with Gasteiger partial charge in [-0.3, -0.25) is 0 Å². The second-order valence-corrected chi connectivity index (χ2v) is 3.53. The first-order chi connectivity index (χ1) is 7.90. The molecular weight excluding hydrogens is 196 g/mol. The van der Waals surface area contributed by atoms with Crippen LogP contribution in [0, 0.1) is 11.5 Å². The van der Waals surface area contributed by atoms with E-state index in [1.54, 1.807) is 0 Å². The fourth-order valence-corrected chi connectivity index (χ4v) is 1.59. The van der Waals surface area contributed by atoms with Gasteiger partial charge in [-0.2, -0.15) is 5.26 Å². The summed E-state index contributed by atoms with van der Waals surface area (Å²) in [5.74, 6) is 0. The lowest BCUT2D eigenvalue weighted by molar-refractivity contribution is 0.884. The van der Waals surface area contributed by atoms with Crippen LogP contribution >= 0.6 is 0 Å². The van der Waals surface area contributed by atoms with Gasteiger partial charge in [-0.15, -0.1) is 0 Å². The predicted octanol–water partition coefficient (Wildman–Crippen LogP) is 2.92. The van der Waals surface area contributed by atoms with Crippen LogP contribution in [-0.4, -0.2) is 0 Å². The van der Waals surface area contributed by atoms with E-state index in [9.17, 15) is 0 Å². The number of nitrogens with zero attached hydrogens (tertiary/aromatic N) is 1. The first-order valence-electron chi connectivity index (χ1n) is 5.16. The minimum absolute atomic E-state index is 0.589. The zero-order valence-electron chi connectivity index (χ0n) is 8.85. The van der Waals surface area contributed by atoms with Gasteiger partial charge < -0.3 is 5.32 Å². The van der Waals surface area contributed by atoms with Crippen molar-refractivity contribution in [2.24, 2.45) is 0 Å². The lowest BCUT2D eigenvalue weighted by Crippen LogP contribution is -2.03. The Bertz CT molecular complexity index is 480. The van der Waals surface area contributed by atoms with E-state index in [1.807, 2.05) is 36.5 Å². The molecule has 0 saturated carbocycles. The lowest BCUT2D eigenvalue weighted by atomic mass is 10.0. The molecule has 0 spiro atoms. The Morgan fingerprint density at radius 2 is 1.50 bits per heavy atom. The van der Waals surface area contributed by atoms with Crippen molar-refractivity contribution in [2.75, 3.05) is 0 Å². The number of benzene rings is 2. The van der Waals surface area contributed by atoms with Crippen LogP contribution in [0.2, 0.25) is 0 Å². The Kier molecular flexibility index (Phi) is 3.20. The number of hydrogen-bond donors (Lipinski definition) is 1. The van der Waals surface area contributed by atoms with Gasteiger partial charge in [0, 0.05) is 6.54 Å². The monoisotopic (exact) mass is 208 g/mol. The fraction of sp³-hybridized carbons (Fsp3) is 0.0714. The molecule has 2 aromatic carbocycles. The molecule has 0 saturated heterocycles. The summed E-state index contributed by atoms with van der Waals surface area (Å²) in [4.78, 5) is 0. The van der Waals surface area contributed by atoms with E-state index in [0.29, 0.717) is 6.54 Å². The van der Waals surface area contributed by atoms with Gasteiger partial charge in [-0.25, -0.2) is 0 Å². The normalized spacial score (nSPS) is 9.44. The highest BCUT2D eigenvalue weighted by Crippen LogP contribution is 2.18. The van der Waals surface area contributed by atoms with Crippen LogP contribution in [0.3, 0.4) is 0 Å². The molecule has 0 unspecified atom stereocenters. The van der Waals surface area contributed by atoms with Crippen LogP contribution in [-0.2, 0) is 6.54 Å². The summed E-state index contributed by atoms with van der Waals surface area (Å²) in [6.45, 7) is 0.589. The standard InChI is InChI=1S/C14H12N2/c15-11-16-10-12-6-8-14(9-7-12)13-4-2-1-3-5-13/h1-9,16H,10H2. The third-order valence-electron chi connectivity index (χ3n) is 2.43. The van der Waals surface area contributed by atoms with Gasteiger partial charge in [0.15, 0.2) is 6.19 Å². The molecule has 0 fully saturated rings. The fourth-order valence-electron chi connectivity index (χ4n) is 1.59. The molecule has 2 aromatic rings. The topological polar surface area (TPSA) is 35.8 Å². The Hall–Kier alpha value is -2.27. The van der Waals surface area contributed by atoms with E-state index in [2.05, 4.69) is 29.6 Å². The molecule has 1 N–H and O–H groups in total. The minimum Gasteiger partial charge on any atom is -0.319 e. The summed E-state index contributed by atoms with van der Waals surface area (Å²) in [6.07, 6.45) is 1.91. The van der Waals surface area contributed by atoms with Crippen LogP contribution in [0.4, 0.5) is 0 Å². The van der Waals surface area contributed by atoms with E-state index in [0.717, 1.165) is 5.56 Å². The largest absolute Gasteiger partial charge is 0.319 e. The summed E-state index contributed by atoms with van der Waals surface area (Å²) >= 11 is 0. The average Bonchev–Trinajstić information content (AvgIpc) is 2.38. The first-order valence-corrected chi connectivity index (χ1v) is 5.16. The maximum absolute atomic E-state index is 8.40. The quantitative estimate of drug-likeness (QED) is 0.621. The molecule has 2 nitrogen and oxygen atoms in total. The van der Waals surface area contributed by atoms with Gasteiger partial charge >= 0.3 is 0 Å². The van der Waals surface area contributed by atoms with Gasteiger partial charge in [0.05, 0.1) is 0 Å². The molecule has 0 radical (unpaired) electrons. The molecule has 16 heavy (non-hydrogen) atoms. The zero-order chi connectivity index (χ0) is 11.2. The third kappa shape index (κ3) is 2.40. The molecular formula is C14H12N2. The number of nitrogens with one attached hydrogen (secondary N) is 1. The van der Waals surface area contributed by atoms with Crippen molar-refractivity contribution in [2.45, 2.75) is 6.54 Å². The highest BCUT2D eigenvalue weighted by Gasteiger charge is 1.96. The van der Waals surface area contributed by atoms with Crippen molar-refractivity contribution in [1.29, 1.82) is 5.26 Å². The molecule has 0 atom stereocenters. The molecule has 2 rings (SSSR count). The molecule has 0 amide bonds. The molecule has 0 aromatic heterocycles. The van der Waals surface area contributed by atoms with Gasteiger partial charge in [0.1, 0.15) is 0 Å². The maximum Gasteiger partial charge on any atom is 0.176 e. The minimum atomic E-state index is 0.589. The van der Waals surface area contributed by atoms with Gasteiger partial charge in [-0.1, -0.05) is 54.6 Å². The molecule has 0 aliphatic rings. The molecule has 0 bridgehead atoms. The van der Waals surface area contributed by atoms with E-state index >= 15 is 0 Å². The highest BCUT2D eigenvalue weighted by molar-refractivity contribution is 5.63. The van der Waals surface area contributed by atoms with Gasteiger partial charge in [-0.05, 0) is 16.7 Å². The van der Waals surface area contributed by atoms with Crippen LogP contribution in [0.25, 0.3) is 11.1 Å². The molecule has 0 heterocycles. The van der Waals surface area contributed by atoms with E-state index < -0.39 is 0 Å². The van der Waals surface area contributed by atoms with Gasteiger partial charge in [0.25, 0.3) is 0 Å². The van der Waals surface area contributed by atoms with E-state index in [-0.39, 0.29) is 0 Å². The van der Waals surface area contributed by atoms with E-state index in [1.165, 1.54) is 11.1 Å². The summed E-state index contributed by atoms with van der Waals surface area (Å²) in [7, 11) is 0. The van der Waals surface area contributed by atoms with Gasteiger partial charge in [0.2, 0.25) is 0 Å². The van der Waals surface area contributed by atoms with Crippen molar-refractivity contribution in [3.8, 4) is 17.3 Å². The second-order valence-electron chi connectivity index (χ2n) is 3.53. The molecule has 0 aliphatic carbocycles. The molecule has 78 valence electrons. The summed E-state index contributed by atoms with van der Waals surface area (Å²) < 4.78 is 0. The third-order valence-corrected chi connectivity index (χ3v) is 2.43. The SMILES string of the molecule is N#CNCc1ccc(-c2ccccc2)cc1. The number of hydrogen-bond acceptors (Lipinski definition) is 2. The summed E-state index contributed by atoms with van der Waals surface area (Å²) in [5.41, 5.74) is 3.52. The van der Waals surface area contributed by atoms with Crippen LogP contribution in [0.5, 0.6) is 0 Å². The highest BCUT2D eigenvalue weighted by atomic mass is 14.8. The van der Waals surface area contributed by atoms with Crippen molar-refractivity contribution in [3.63, 3.8) is 0 Å². The van der Waals surface area contributed by atoms with Crippen molar-refractivity contribution >= 4 is 0 Å². The summed E-state index contributed by atoms with van der Waals surface area (Å²) in [5, 5.41) is 11.0. The average molecular weight is 208 g/mol. The Balaban J connectivity index is 2.17. The van der Waals surface area contributed by atoms with Crippen LogP contribution in [0.15, 0.2) is 54.6 Å². The van der Waals surface area contributed by atoms with Crippen LogP contribution < -0.4 is 5.32 Å². The Labute approximate surface area is 95.2 Å². The molecule has 0 aliphatic heterocycles.